The number of nitrogens with one attached hydrogen (secondary N) is 1. The predicted octanol–water partition coefficient (Wildman–Crippen LogP) is 1.57. The summed E-state index contributed by atoms with van der Waals surface area (Å²) in [5.41, 5.74) is 1.53. The molecular weight excluding hydrogens is 254 g/mol. The minimum Gasteiger partial charge on any atom is -0.396 e. The zero-order valence-corrected chi connectivity index (χ0v) is 12.0. The molecule has 2 heterocycles. The maximum atomic E-state index is 11.8. The number of aromatic nitrogens is 1. The molecule has 0 spiro atoms. The molecule has 1 aromatic heterocycles. The summed E-state index contributed by atoms with van der Waals surface area (Å²) in [7, 11) is 0. The fraction of sp³-hybridized carbons (Fsp3) is 0.600. The standard InChI is InChI=1S/C15H23N3O2/c1-2-16-15(20)14-11-13(7-8-17-14)18-9-3-5-12(18)6-4-10-19/h7-8,11-12,19H,2-6,9-10H2,1H3,(H,16,20). The Morgan fingerprint density at radius 3 is 3.20 bits per heavy atom. The van der Waals surface area contributed by atoms with E-state index in [-0.39, 0.29) is 12.5 Å². The molecular formula is C15H23N3O2. The van der Waals surface area contributed by atoms with Crippen molar-refractivity contribution in [2.24, 2.45) is 0 Å². The second-order valence-corrected chi connectivity index (χ2v) is 5.11. The van der Waals surface area contributed by atoms with Gasteiger partial charge in [0.25, 0.3) is 5.91 Å². The smallest absolute Gasteiger partial charge is 0.269 e. The van der Waals surface area contributed by atoms with Gasteiger partial charge in [-0.2, -0.15) is 0 Å². The van der Waals surface area contributed by atoms with E-state index in [9.17, 15) is 4.79 Å². The van der Waals surface area contributed by atoms with E-state index >= 15 is 0 Å². The number of hydrogen-bond donors (Lipinski definition) is 2. The van der Waals surface area contributed by atoms with Crippen LogP contribution < -0.4 is 10.2 Å². The van der Waals surface area contributed by atoms with Crippen LogP contribution in [0, 0.1) is 0 Å². The van der Waals surface area contributed by atoms with Gasteiger partial charge in [-0.15, -0.1) is 0 Å². The average molecular weight is 277 g/mol. The lowest BCUT2D eigenvalue weighted by Gasteiger charge is -2.27. The predicted molar refractivity (Wildman–Crippen MR) is 78.9 cm³/mol. The molecule has 1 fully saturated rings. The zero-order chi connectivity index (χ0) is 14.4. The largest absolute Gasteiger partial charge is 0.396 e. The number of pyridine rings is 1. The summed E-state index contributed by atoms with van der Waals surface area (Å²) >= 11 is 0. The van der Waals surface area contributed by atoms with Crippen molar-refractivity contribution in [1.82, 2.24) is 10.3 Å². The number of nitrogens with zero attached hydrogens (tertiary/aromatic N) is 2. The first-order valence-electron chi connectivity index (χ1n) is 7.38. The highest BCUT2D eigenvalue weighted by Gasteiger charge is 2.24. The van der Waals surface area contributed by atoms with Crippen molar-refractivity contribution in [2.45, 2.75) is 38.6 Å². The Labute approximate surface area is 120 Å². The number of aliphatic hydroxyl groups is 1. The maximum Gasteiger partial charge on any atom is 0.269 e. The zero-order valence-electron chi connectivity index (χ0n) is 12.0. The molecule has 0 aliphatic carbocycles. The summed E-state index contributed by atoms with van der Waals surface area (Å²) in [5, 5.41) is 11.8. The van der Waals surface area contributed by atoms with E-state index in [0.29, 0.717) is 18.3 Å². The highest BCUT2D eigenvalue weighted by molar-refractivity contribution is 5.93. The van der Waals surface area contributed by atoms with Crippen molar-refractivity contribution in [3.05, 3.63) is 24.0 Å². The molecule has 0 radical (unpaired) electrons. The van der Waals surface area contributed by atoms with Crippen molar-refractivity contribution in [1.29, 1.82) is 0 Å². The van der Waals surface area contributed by atoms with E-state index in [1.165, 1.54) is 0 Å². The van der Waals surface area contributed by atoms with Gasteiger partial charge in [0.2, 0.25) is 0 Å². The Kier molecular flexibility index (Phi) is 5.35. The molecule has 0 saturated carbocycles. The lowest BCUT2D eigenvalue weighted by Crippen LogP contribution is -2.30. The van der Waals surface area contributed by atoms with Crippen molar-refractivity contribution in [3.8, 4) is 0 Å². The van der Waals surface area contributed by atoms with E-state index < -0.39 is 0 Å². The molecule has 1 amide bonds. The first-order valence-corrected chi connectivity index (χ1v) is 7.38. The van der Waals surface area contributed by atoms with Crippen molar-refractivity contribution in [3.63, 3.8) is 0 Å². The van der Waals surface area contributed by atoms with E-state index in [0.717, 1.165) is 37.9 Å². The fourth-order valence-electron chi connectivity index (χ4n) is 2.78. The topological polar surface area (TPSA) is 65.5 Å². The van der Waals surface area contributed by atoms with Crippen LogP contribution in [0.1, 0.15) is 43.1 Å². The van der Waals surface area contributed by atoms with Crippen molar-refractivity contribution >= 4 is 11.6 Å². The molecule has 1 aliphatic heterocycles. The summed E-state index contributed by atoms with van der Waals surface area (Å²) in [6.45, 7) is 3.75. The number of hydrogen-bond acceptors (Lipinski definition) is 4. The normalized spacial score (nSPS) is 18.3. The minimum absolute atomic E-state index is 0.125. The molecule has 5 heteroatoms. The molecule has 20 heavy (non-hydrogen) atoms. The Hall–Kier alpha value is -1.62. The Morgan fingerprint density at radius 2 is 2.45 bits per heavy atom. The Bertz CT molecular complexity index is 450. The highest BCUT2D eigenvalue weighted by atomic mass is 16.2. The second kappa shape index (κ2) is 7.24. The lowest BCUT2D eigenvalue weighted by molar-refractivity contribution is 0.0951. The van der Waals surface area contributed by atoms with Crippen LogP contribution in [0.2, 0.25) is 0 Å². The van der Waals surface area contributed by atoms with E-state index in [1.54, 1.807) is 6.20 Å². The minimum atomic E-state index is -0.125. The third kappa shape index (κ3) is 3.48. The Morgan fingerprint density at radius 1 is 1.60 bits per heavy atom. The number of aliphatic hydroxyl groups excluding tert-OH is 1. The third-order valence-corrected chi connectivity index (χ3v) is 3.72. The number of amides is 1. The SMILES string of the molecule is CCNC(=O)c1cc(N2CCCC2CCCO)ccn1. The molecule has 110 valence electrons. The number of carbonyl (C=O) groups excluding carboxylic acids is 1. The molecule has 2 N–H and O–H groups in total. The van der Waals surface area contributed by atoms with Gasteiger partial charge in [0.1, 0.15) is 5.69 Å². The average Bonchev–Trinajstić information content (AvgIpc) is 2.94. The molecule has 0 bridgehead atoms. The first-order chi connectivity index (χ1) is 9.76. The summed E-state index contributed by atoms with van der Waals surface area (Å²) < 4.78 is 0. The number of anilines is 1. The molecule has 0 aromatic carbocycles. The van der Waals surface area contributed by atoms with E-state index in [4.69, 9.17) is 5.11 Å². The van der Waals surface area contributed by atoms with Gasteiger partial charge < -0.3 is 15.3 Å². The van der Waals surface area contributed by atoms with Crippen LogP contribution >= 0.6 is 0 Å². The van der Waals surface area contributed by atoms with Crippen LogP contribution in [0.4, 0.5) is 5.69 Å². The van der Waals surface area contributed by atoms with Gasteiger partial charge in [0, 0.05) is 37.6 Å². The van der Waals surface area contributed by atoms with Crippen LogP contribution in [-0.2, 0) is 0 Å². The monoisotopic (exact) mass is 277 g/mol. The molecule has 1 atom stereocenters. The molecule has 1 aromatic rings. The fourth-order valence-corrected chi connectivity index (χ4v) is 2.78. The molecule has 2 rings (SSSR count). The van der Waals surface area contributed by atoms with Gasteiger partial charge in [-0.3, -0.25) is 9.78 Å². The third-order valence-electron chi connectivity index (χ3n) is 3.72. The molecule has 1 saturated heterocycles. The van der Waals surface area contributed by atoms with Gasteiger partial charge >= 0.3 is 0 Å². The lowest BCUT2D eigenvalue weighted by atomic mass is 10.1. The molecule has 1 aliphatic rings. The summed E-state index contributed by atoms with van der Waals surface area (Å²) in [6, 6.07) is 4.29. The van der Waals surface area contributed by atoms with Gasteiger partial charge in [-0.1, -0.05) is 0 Å². The quantitative estimate of drug-likeness (QED) is 0.828. The highest BCUT2D eigenvalue weighted by Crippen LogP contribution is 2.28. The summed E-state index contributed by atoms with van der Waals surface area (Å²) in [6.07, 6.45) is 5.83. The molecule has 5 nitrogen and oxygen atoms in total. The van der Waals surface area contributed by atoms with Crippen LogP contribution in [0.25, 0.3) is 0 Å². The number of rotatable bonds is 6. The van der Waals surface area contributed by atoms with Crippen LogP contribution in [0.5, 0.6) is 0 Å². The number of carbonyl (C=O) groups is 1. The van der Waals surface area contributed by atoms with Gasteiger partial charge in [0.05, 0.1) is 0 Å². The van der Waals surface area contributed by atoms with Crippen LogP contribution in [0.3, 0.4) is 0 Å². The van der Waals surface area contributed by atoms with Crippen LogP contribution in [0.15, 0.2) is 18.3 Å². The Balaban J connectivity index is 2.11. The summed E-state index contributed by atoms with van der Waals surface area (Å²) in [5.74, 6) is -0.125. The first kappa shape index (κ1) is 14.8. The van der Waals surface area contributed by atoms with Crippen LogP contribution in [-0.4, -0.2) is 41.7 Å². The van der Waals surface area contributed by atoms with Gasteiger partial charge in [-0.05, 0) is 44.7 Å². The van der Waals surface area contributed by atoms with Gasteiger partial charge in [0.15, 0.2) is 0 Å². The van der Waals surface area contributed by atoms with E-state index in [2.05, 4.69) is 15.2 Å². The maximum absolute atomic E-state index is 11.8. The summed E-state index contributed by atoms with van der Waals surface area (Å²) in [4.78, 5) is 18.3. The van der Waals surface area contributed by atoms with E-state index in [1.807, 2.05) is 19.1 Å². The van der Waals surface area contributed by atoms with Crippen molar-refractivity contribution < 1.29 is 9.90 Å². The molecule has 1 unspecified atom stereocenters. The van der Waals surface area contributed by atoms with Crippen molar-refractivity contribution in [2.75, 3.05) is 24.6 Å². The second-order valence-electron chi connectivity index (χ2n) is 5.11. The van der Waals surface area contributed by atoms with Gasteiger partial charge in [-0.25, -0.2) is 0 Å².